The minimum absolute atomic E-state index is 0.0812. The van der Waals surface area contributed by atoms with E-state index in [0.29, 0.717) is 37.5 Å². The quantitative estimate of drug-likeness (QED) is 0.921. The standard InChI is InChI=1S/C17H23F3N2O/c1-2-15(13-4-3-5-14(10-13)17(18,19)20)16(23)22-8-6-12(11-21)7-9-22/h3-5,10,12,15H,2,6-9,11,21H2,1H3. The van der Waals surface area contributed by atoms with Gasteiger partial charge >= 0.3 is 6.18 Å². The number of likely N-dealkylation sites (tertiary alicyclic amines) is 1. The third kappa shape index (κ3) is 4.25. The number of piperidine rings is 1. The lowest BCUT2D eigenvalue weighted by Crippen LogP contribution is -2.42. The second-order valence-electron chi connectivity index (χ2n) is 6.09. The Morgan fingerprint density at radius 3 is 2.52 bits per heavy atom. The van der Waals surface area contributed by atoms with Crippen molar-refractivity contribution in [2.45, 2.75) is 38.3 Å². The molecule has 1 saturated heterocycles. The number of carbonyl (C=O) groups excluding carboxylic acids is 1. The van der Waals surface area contributed by atoms with Crippen LogP contribution in [0.2, 0.25) is 0 Å². The summed E-state index contributed by atoms with van der Waals surface area (Å²) >= 11 is 0. The molecule has 1 heterocycles. The summed E-state index contributed by atoms with van der Waals surface area (Å²) in [4.78, 5) is 14.5. The Morgan fingerprint density at radius 1 is 1.35 bits per heavy atom. The molecular weight excluding hydrogens is 305 g/mol. The summed E-state index contributed by atoms with van der Waals surface area (Å²) in [6.45, 7) is 3.72. The van der Waals surface area contributed by atoms with E-state index in [2.05, 4.69) is 0 Å². The Kier molecular flexibility index (Phi) is 5.68. The van der Waals surface area contributed by atoms with Gasteiger partial charge in [-0.2, -0.15) is 13.2 Å². The fourth-order valence-corrected chi connectivity index (χ4v) is 3.09. The molecule has 0 spiro atoms. The second kappa shape index (κ2) is 7.34. The Hall–Kier alpha value is -1.56. The molecule has 1 unspecified atom stereocenters. The van der Waals surface area contributed by atoms with E-state index in [9.17, 15) is 18.0 Å². The number of hydrogen-bond donors (Lipinski definition) is 1. The molecule has 2 N–H and O–H groups in total. The first-order valence-electron chi connectivity index (χ1n) is 8.02. The van der Waals surface area contributed by atoms with Gasteiger partial charge in [-0.1, -0.05) is 25.1 Å². The molecule has 1 aromatic carbocycles. The van der Waals surface area contributed by atoms with Crippen LogP contribution in [0.4, 0.5) is 13.2 Å². The van der Waals surface area contributed by atoms with E-state index >= 15 is 0 Å². The van der Waals surface area contributed by atoms with E-state index in [1.807, 2.05) is 6.92 Å². The molecule has 0 aromatic heterocycles. The number of amides is 1. The normalized spacial score (nSPS) is 18.0. The van der Waals surface area contributed by atoms with Crippen molar-refractivity contribution >= 4 is 5.91 Å². The van der Waals surface area contributed by atoms with Gasteiger partial charge in [-0.25, -0.2) is 0 Å². The van der Waals surface area contributed by atoms with Gasteiger partial charge < -0.3 is 10.6 Å². The number of rotatable bonds is 4. The van der Waals surface area contributed by atoms with E-state index in [1.54, 1.807) is 11.0 Å². The van der Waals surface area contributed by atoms with Crippen LogP contribution in [0.15, 0.2) is 24.3 Å². The fraction of sp³-hybridized carbons (Fsp3) is 0.588. The molecule has 0 saturated carbocycles. The van der Waals surface area contributed by atoms with Gasteiger partial charge in [0.2, 0.25) is 5.91 Å². The van der Waals surface area contributed by atoms with Crippen molar-refractivity contribution in [2.75, 3.05) is 19.6 Å². The highest BCUT2D eigenvalue weighted by atomic mass is 19.4. The predicted octanol–water partition coefficient (Wildman–Crippen LogP) is 3.40. The molecule has 128 valence electrons. The topological polar surface area (TPSA) is 46.3 Å². The Labute approximate surface area is 134 Å². The third-order valence-corrected chi connectivity index (χ3v) is 4.58. The first-order chi connectivity index (χ1) is 10.9. The van der Waals surface area contributed by atoms with Crippen LogP contribution in [0, 0.1) is 5.92 Å². The number of hydrogen-bond acceptors (Lipinski definition) is 2. The molecule has 0 aliphatic carbocycles. The summed E-state index contributed by atoms with van der Waals surface area (Å²) < 4.78 is 38.6. The molecular formula is C17H23F3N2O. The van der Waals surface area contributed by atoms with Crippen LogP contribution in [0.3, 0.4) is 0 Å². The van der Waals surface area contributed by atoms with E-state index in [0.717, 1.165) is 25.0 Å². The molecule has 23 heavy (non-hydrogen) atoms. The van der Waals surface area contributed by atoms with Gasteiger partial charge in [-0.3, -0.25) is 4.79 Å². The maximum atomic E-state index is 12.9. The monoisotopic (exact) mass is 328 g/mol. The van der Waals surface area contributed by atoms with Crippen LogP contribution in [-0.4, -0.2) is 30.4 Å². The zero-order chi connectivity index (χ0) is 17.0. The average molecular weight is 328 g/mol. The van der Waals surface area contributed by atoms with Crippen molar-refractivity contribution in [3.05, 3.63) is 35.4 Å². The van der Waals surface area contributed by atoms with Crippen molar-refractivity contribution in [2.24, 2.45) is 11.7 Å². The van der Waals surface area contributed by atoms with E-state index in [4.69, 9.17) is 5.73 Å². The van der Waals surface area contributed by atoms with Gasteiger partial charge in [0.1, 0.15) is 0 Å². The minimum Gasteiger partial charge on any atom is -0.342 e. The first-order valence-corrected chi connectivity index (χ1v) is 8.02. The maximum Gasteiger partial charge on any atom is 0.416 e. The number of nitrogens with zero attached hydrogens (tertiary/aromatic N) is 1. The molecule has 1 atom stereocenters. The molecule has 2 rings (SSSR count). The van der Waals surface area contributed by atoms with Gasteiger partial charge in [0.25, 0.3) is 0 Å². The molecule has 3 nitrogen and oxygen atoms in total. The van der Waals surface area contributed by atoms with Crippen LogP contribution >= 0.6 is 0 Å². The van der Waals surface area contributed by atoms with Crippen LogP contribution in [0.25, 0.3) is 0 Å². The Balaban J connectivity index is 2.15. The summed E-state index contributed by atoms with van der Waals surface area (Å²) in [7, 11) is 0. The van der Waals surface area contributed by atoms with Crippen LogP contribution in [-0.2, 0) is 11.0 Å². The number of nitrogens with two attached hydrogens (primary N) is 1. The summed E-state index contributed by atoms with van der Waals surface area (Å²) in [5, 5.41) is 0. The average Bonchev–Trinajstić information content (AvgIpc) is 2.55. The van der Waals surface area contributed by atoms with Crippen molar-refractivity contribution in [1.82, 2.24) is 4.90 Å². The van der Waals surface area contributed by atoms with Crippen molar-refractivity contribution in [1.29, 1.82) is 0 Å². The molecule has 1 aliphatic heterocycles. The zero-order valence-electron chi connectivity index (χ0n) is 13.3. The number of carbonyl (C=O) groups is 1. The van der Waals surface area contributed by atoms with Crippen LogP contribution in [0.1, 0.15) is 43.2 Å². The summed E-state index contributed by atoms with van der Waals surface area (Å²) in [5.41, 5.74) is 5.38. The molecule has 6 heteroatoms. The van der Waals surface area contributed by atoms with Crippen molar-refractivity contribution in [3.8, 4) is 0 Å². The van der Waals surface area contributed by atoms with Gasteiger partial charge in [0, 0.05) is 13.1 Å². The Morgan fingerprint density at radius 2 is 2.00 bits per heavy atom. The van der Waals surface area contributed by atoms with E-state index in [-0.39, 0.29) is 5.91 Å². The van der Waals surface area contributed by atoms with Crippen LogP contribution < -0.4 is 5.73 Å². The number of benzene rings is 1. The highest BCUT2D eigenvalue weighted by Gasteiger charge is 2.33. The molecule has 0 radical (unpaired) electrons. The van der Waals surface area contributed by atoms with Gasteiger partial charge in [0.05, 0.1) is 11.5 Å². The van der Waals surface area contributed by atoms with Gasteiger partial charge in [-0.15, -0.1) is 0 Å². The highest BCUT2D eigenvalue weighted by Crippen LogP contribution is 2.32. The highest BCUT2D eigenvalue weighted by molar-refractivity contribution is 5.83. The van der Waals surface area contributed by atoms with Gasteiger partial charge in [-0.05, 0) is 43.4 Å². The molecule has 1 aromatic rings. The summed E-state index contributed by atoms with van der Waals surface area (Å²) in [5.74, 6) is -0.165. The van der Waals surface area contributed by atoms with Crippen molar-refractivity contribution < 1.29 is 18.0 Å². The lowest BCUT2D eigenvalue weighted by Gasteiger charge is -2.34. The van der Waals surface area contributed by atoms with E-state index in [1.165, 1.54) is 6.07 Å². The van der Waals surface area contributed by atoms with E-state index < -0.39 is 17.7 Å². The number of alkyl halides is 3. The summed E-state index contributed by atoms with van der Waals surface area (Å²) in [6.07, 6.45) is -2.18. The fourth-order valence-electron chi connectivity index (χ4n) is 3.09. The molecule has 0 bridgehead atoms. The summed E-state index contributed by atoms with van der Waals surface area (Å²) in [6, 6.07) is 5.11. The maximum absolute atomic E-state index is 12.9. The molecule has 1 aliphatic rings. The number of halogens is 3. The SMILES string of the molecule is CCC(C(=O)N1CCC(CN)CC1)c1cccc(C(F)(F)F)c1. The molecule has 1 amide bonds. The lowest BCUT2D eigenvalue weighted by molar-refractivity contribution is -0.138. The van der Waals surface area contributed by atoms with Crippen molar-refractivity contribution in [3.63, 3.8) is 0 Å². The predicted molar refractivity (Wildman–Crippen MR) is 82.8 cm³/mol. The zero-order valence-corrected chi connectivity index (χ0v) is 13.3. The lowest BCUT2D eigenvalue weighted by atomic mass is 9.91. The first kappa shape index (κ1) is 17.8. The minimum atomic E-state index is -4.39. The molecule has 1 fully saturated rings. The largest absolute Gasteiger partial charge is 0.416 e. The van der Waals surface area contributed by atoms with Crippen LogP contribution in [0.5, 0.6) is 0 Å². The third-order valence-electron chi connectivity index (χ3n) is 4.58. The second-order valence-corrected chi connectivity index (χ2v) is 6.09. The Bertz CT molecular complexity index is 537. The smallest absolute Gasteiger partial charge is 0.342 e. The van der Waals surface area contributed by atoms with Gasteiger partial charge in [0.15, 0.2) is 0 Å².